The standard InChI is InChI=1S/C35H41NO6/c1-23-20-26(37-19-16-36)12-14-29(23)35-34(25-8-7-9-27(21-25)40-32-10-3-5-17-38-32)24(2)30-22-28(13-15-31(30)42-35)41-33-11-4-6-18-39-33/h7-9,12-15,20-22,32-33,35H,3-6,10-11,16-19,36H2,1-2H3. The number of hydrogen-bond acceptors (Lipinski definition) is 7. The molecule has 3 unspecified atom stereocenters. The van der Waals surface area contributed by atoms with Gasteiger partial charge in [-0.1, -0.05) is 18.2 Å². The lowest BCUT2D eigenvalue weighted by atomic mass is 9.85. The van der Waals surface area contributed by atoms with Crippen molar-refractivity contribution in [3.63, 3.8) is 0 Å². The fourth-order valence-corrected chi connectivity index (χ4v) is 5.95. The van der Waals surface area contributed by atoms with Gasteiger partial charge in [-0.25, -0.2) is 0 Å². The van der Waals surface area contributed by atoms with E-state index >= 15 is 0 Å². The predicted molar refractivity (Wildman–Crippen MR) is 163 cm³/mol. The molecule has 3 aromatic carbocycles. The molecule has 0 radical (unpaired) electrons. The third-order valence-corrected chi connectivity index (χ3v) is 8.13. The summed E-state index contributed by atoms with van der Waals surface area (Å²) in [6.07, 6.45) is 5.44. The highest BCUT2D eigenvalue weighted by molar-refractivity contribution is 5.96. The van der Waals surface area contributed by atoms with Crippen molar-refractivity contribution in [3.05, 3.63) is 82.9 Å². The fraction of sp³-hybridized carbons (Fsp3) is 0.429. The van der Waals surface area contributed by atoms with E-state index in [2.05, 4.69) is 44.2 Å². The van der Waals surface area contributed by atoms with E-state index in [1.807, 2.05) is 30.3 Å². The molecule has 222 valence electrons. The predicted octanol–water partition coefficient (Wildman–Crippen LogP) is 7.21. The van der Waals surface area contributed by atoms with E-state index < -0.39 is 0 Å². The normalized spacial score (nSPS) is 22.2. The van der Waals surface area contributed by atoms with Crippen LogP contribution in [0.3, 0.4) is 0 Å². The molecule has 2 saturated heterocycles. The van der Waals surface area contributed by atoms with E-state index in [-0.39, 0.29) is 18.7 Å². The lowest BCUT2D eigenvalue weighted by molar-refractivity contribution is -0.106. The van der Waals surface area contributed by atoms with Crippen molar-refractivity contribution in [1.29, 1.82) is 0 Å². The molecule has 3 heterocycles. The van der Waals surface area contributed by atoms with Gasteiger partial charge in [0, 0.05) is 36.1 Å². The Morgan fingerprint density at radius 3 is 2.17 bits per heavy atom. The van der Waals surface area contributed by atoms with Crippen LogP contribution in [0.4, 0.5) is 0 Å². The van der Waals surface area contributed by atoms with Crippen molar-refractivity contribution in [2.45, 2.75) is 71.1 Å². The Labute approximate surface area is 248 Å². The van der Waals surface area contributed by atoms with Crippen LogP contribution in [0.1, 0.15) is 73.8 Å². The van der Waals surface area contributed by atoms with Crippen LogP contribution in [0.25, 0.3) is 11.1 Å². The van der Waals surface area contributed by atoms with Gasteiger partial charge in [0.25, 0.3) is 0 Å². The minimum atomic E-state index is -0.323. The van der Waals surface area contributed by atoms with Crippen LogP contribution >= 0.6 is 0 Å². The van der Waals surface area contributed by atoms with Crippen molar-refractivity contribution in [1.82, 2.24) is 0 Å². The third-order valence-electron chi connectivity index (χ3n) is 8.13. The SMILES string of the molecule is CC1=C(c2cccc(OC3CCCCO3)c2)C(c2ccc(OCCN)cc2C)Oc2ccc(OC3CCCCO3)cc21. The van der Waals surface area contributed by atoms with Gasteiger partial charge in [0.2, 0.25) is 0 Å². The minimum absolute atomic E-state index is 0.212. The molecule has 42 heavy (non-hydrogen) atoms. The van der Waals surface area contributed by atoms with Gasteiger partial charge in [-0.15, -0.1) is 0 Å². The second-order valence-corrected chi connectivity index (χ2v) is 11.2. The maximum Gasteiger partial charge on any atom is 0.199 e. The van der Waals surface area contributed by atoms with E-state index in [0.717, 1.165) is 108 Å². The molecule has 2 fully saturated rings. The van der Waals surface area contributed by atoms with Gasteiger partial charge in [0.15, 0.2) is 12.6 Å². The highest BCUT2D eigenvalue weighted by Crippen LogP contribution is 2.48. The first-order valence-electron chi connectivity index (χ1n) is 15.2. The molecule has 6 rings (SSSR count). The van der Waals surface area contributed by atoms with Crippen molar-refractivity contribution >= 4 is 11.1 Å². The number of fused-ring (bicyclic) bond motifs is 1. The number of rotatable bonds is 9. The number of ether oxygens (including phenoxy) is 6. The van der Waals surface area contributed by atoms with Crippen molar-refractivity contribution in [2.24, 2.45) is 5.73 Å². The summed E-state index contributed by atoms with van der Waals surface area (Å²) in [7, 11) is 0. The molecule has 3 aliphatic heterocycles. The van der Waals surface area contributed by atoms with Crippen molar-refractivity contribution in [2.75, 3.05) is 26.4 Å². The number of hydrogen-bond donors (Lipinski definition) is 1. The lowest BCUT2D eigenvalue weighted by Gasteiger charge is -2.33. The van der Waals surface area contributed by atoms with Crippen LogP contribution in [0.15, 0.2) is 60.7 Å². The highest BCUT2D eigenvalue weighted by atomic mass is 16.7. The van der Waals surface area contributed by atoms with Crippen LogP contribution in [0, 0.1) is 6.92 Å². The number of aryl methyl sites for hydroxylation is 1. The summed E-state index contributed by atoms with van der Waals surface area (Å²) in [4.78, 5) is 0. The first-order valence-corrected chi connectivity index (χ1v) is 15.2. The molecule has 7 heteroatoms. The number of benzene rings is 3. The molecule has 3 atom stereocenters. The monoisotopic (exact) mass is 571 g/mol. The van der Waals surface area contributed by atoms with Gasteiger partial charge >= 0.3 is 0 Å². The van der Waals surface area contributed by atoms with Gasteiger partial charge in [-0.3, -0.25) is 0 Å². The van der Waals surface area contributed by atoms with Gasteiger partial charge in [0.1, 0.15) is 35.7 Å². The van der Waals surface area contributed by atoms with Gasteiger partial charge in [-0.2, -0.15) is 0 Å². The Balaban J connectivity index is 1.38. The second-order valence-electron chi connectivity index (χ2n) is 11.2. The summed E-state index contributed by atoms with van der Waals surface area (Å²) in [6.45, 7) is 6.68. The summed E-state index contributed by atoms with van der Waals surface area (Å²) in [5.41, 5.74) is 12.1. The first kappa shape index (κ1) is 28.6. The molecule has 3 aliphatic rings. The molecule has 0 aromatic heterocycles. The molecule has 7 nitrogen and oxygen atoms in total. The van der Waals surface area contributed by atoms with Crippen LogP contribution in [-0.4, -0.2) is 38.9 Å². The van der Waals surface area contributed by atoms with Crippen LogP contribution in [0.2, 0.25) is 0 Å². The molecule has 0 saturated carbocycles. The topological polar surface area (TPSA) is 81.4 Å². The summed E-state index contributed by atoms with van der Waals surface area (Å²) < 4.78 is 36.8. The van der Waals surface area contributed by atoms with Crippen LogP contribution < -0.4 is 24.7 Å². The fourth-order valence-electron chi connectivity index (χ4n) is 5.95. The van der Waals surface area contributed by atoms with Crippen LogP contribution in [0.5, 0.6) is 23.0 Å². The molecule has 0 bridgehead atoms. The third kappa shape index (κ3) is 6.43. The van der Waals surface area contributed by atoms with Gasteiger partial charge in [0.05, 0.1) is 13.2 Å². The minimum Gasteiger partial charge on any atom is -0.492 e. The lowest BCUT2D eigenvalue weighted by Crippen LogP contribution is -2.25. The maximum absolute atomic E-state index is 6.82. The summed E-state index contributed by atoms with van der Waals surface area (Å²) in [6, 6.07) is 20.5. The zero-order valence-electron chi connectivity index (χ0n) is 24.6. The Kier molecular flexibility index (Phi) is 8.98. The Morgan fingerprint density at radius 1 is 0.786 bits per heavy atom. The zero-order chi connectivity index (χ0) is 28.9. The van der Waals surface area contributed by atoms with E-state index in [1.165, 1.54) is 0 Å². The average molecular weight is 572 g/mol. The average Bonchev–Trinajstić information content (AvgIpc) is 3.01. The van der Waals surface area contributed by atoms with Crippen molar-refractivity contribution in [3.8, 4) is 23.0 Å². The van der Waals surface area contributed by atoms with E-state index in [1.54, 1.807) is 0 Å². The smallest absolute Gasteiger partial charge is 0.199 e. The molecule has 0 amide bonds. The Hall–Kier alpha value is -3.52. The Bertz CT molecular complexity index is 1410. The quantitative estimate of drug-likeness (QED) is 0.291. The summed E-state index contributed by atoms with van der Waals surface area (Å²) in [5, 5.41) is 0. The number of nitrogens with two attached hydrogens (primary N) is 1. The van der Waals surface area contributed by atoms with E-state index in [0.29, 0.717) is 13.2 Å². The highest BCUT2D eigenvalue weighted by Gasteiger charge is 2.31. The summed E-state index contributed by atoms with van der Waals surface area (Å²) in [5.74, 6) is 3.20. The largest absolute Gasteiger partial charge is 0.492 e. The van der Waals surface area contributed by atoms with Crippen molar-refractivity contribution < 1.29 is 28.4 Å². The zero-order valence-corrected chi connectivity index (χ0v) is 24.6. The van der Waals surface area contributed by atoms with Gasteiger partial charge < -0.3 is 34.2 Å². The van der Waals surface area contributed by atoms with Gasteiger partial charge in [-0.05, 0) is 98.7 Å². The number of allylic oxidation sites excluding steroid dienone is 1. The van der Waals surface area contributed by atoms with E-state index in [9.17, 15) is 0 Å². The van der Waals surface area contributed by atoms with Crippen LogP contribution in [-0.2, 0) is 9.47 Å². The second kappa shape index (κ2) is 13.2. The molecule has 0 aliphatic carbocycles. The molecular weight excluding hydrogens is 530 g/mol. The molecule has 2 N–H and O–H groups in total. The molecular formula is C35H41NO6. The summed E-state index contributed by atoms with van der Waals surface area (Å²) >= 11 is 0. The molecule has 0 spiro atoms. The molecule has 3 aromatic rings. The van der Waals surface area contributed by atoms with E-state index in [4.69, 9.17) is 34.2 Å². The first-order chi connectivity index (χ1) is 20.6. The maximum atomic E-state index is 6.82. The Morgan fingerprint density at radius 2 is 1.50 bits per heavy atom.